The van der Waals surface area contributed by atoms with Crippen LogP contribution in [0.3, 0.4) is 0 Å². The standard InChI is InChI=1S/C11H18O/c1-7-3-4-9-6-10(7)11(12)5-8(9)2/h3,8-12H,4-6H2,1-2H3/t8?,9-,10-,11-/m0/s1. The molecule has 1 unspecified atom stereocenters. The molecule has 0 aromatic heterocycles. The Morgan fingerprint density at radius 1 is 1.42 bits per heavy atom. The van der Waals surface area contributed by atoms with Gasteiger partial charge in [0.2, 0.25) is 0 Å². The molecule has 0 spiro atoms. The maximum atomic E-state index is 9.82. The Labute approximate surface area is 74.5 Å². The average Bonchev–Trinajstić information content (AvgIpc) is 2.03. The minimum atomic E-state index is -0.0622. The third-order valence-electron chi connectivity index (χ3n) is 3.77. The number of aliphatic hydroxyl groups excluding tert-OH is 1. The maximum absolute atomic E-state index is 9.82. The second-order valence-corrected chi connectivity index (χ2v) is 4.57. The minimum Gasteiger partial charge on any atom is -0.392 e. The van der Waals surface area contributed by atoms with E-state index in [2.05, 4.69) is 19.9 Å². The van der Waals surface area contributed by atoms with E-state index in [0.717, 1.165) is 18.3 Å². The summed E-state index contributed by atoms with van der Waals surface area (Å²) in [7, 11) is 0. The molecule has 68 valence electrons. The third-order valence-corrected chi connectivity index (χ3v) is 3.77. The molecule has 2 aliphatic rings. The first-order valence-electron chi connectivity index (χ1n) is 5.03. The number of hydrogen-bond donors (Lipinski definition) is 1. The smallest absolute Gasteiger partial charge is 0.0608 e. The zero-order valence-electron chi connectivity index (χ0n) is 7.96. The molecular formula is C11H18O. The quantitative estimate of drug-likeness (QED) is 0.548. The van der Waals surface area contributed by atoms with Crippen molar-refractivity contribution in [3.8, 4) is 0 Å². The molecule has 2 rings (SSSR count). The summed E-state index contributed by atoms with van der Waals surface area (Å²) >= 11 is 0. The van der Waals surface area contributed by atoms with Crippen LogP contribution in [0.5, 0.6) is 0 Å². The molecule has 1 heteroatoms. The van der Waals surface area contributed by atoms with E-state index in [-0.39, 0.29) is 6.10 Å². The lowest BCUT2D eigenvalue weighted by molar-refractivity contribution is 0.0301. The maximum Gasteiger partial charge on any atom is 0.0608 e. The average molecular weight is 166 g/mol. The number of allylic oxidation sites excluding steroid dienone is 1. The van der Waals surface area contributed by atoms with Crippen LogP contribution in [0.15, 0.2) is 11.6 Å². The normalized spacial score (nSPS) is 47.1. The van der Waals surface area contributed by atoms with Crippen molar-refractivity contribution in [3.05, 3.63) is 11.6 Å². The highest BCUT2D eigenvalue weighted by atomic mass is 16.3. The first-order valence-corrected chi connectivity index (χ1v) is 5.03. The van der Waals surface area contributed by atoms with Crippen molar-refractivity contribution in [1.82, 2.24) is 0 Å². The molecule has 1 nitrogen and oxygen atoms in total. The molecule has 0 heterocycles. The molecule has 1 fully saturated rings. The Bertz CT molecular complexity index is 207. The van der Waals surface area contributed by atoms with Gasteiger partial charge in [-0.2, -0.15) is 0 Å². The Hall–Kier alpha value is -0.300. The van der Waals surface area contributed by atoms with Crippen LogP contribution in [0.2, 0.25) is 0 Å². The number of rotatable bonds is 0. The van der Waals surface area contributed by atoms with Gasteiger partial charge < -0.3 is 5.11 Å². The van der Waals surface area contributed by atoms with E-state index in [1.807, 2.05) is 0 Å². The number of fused-ring (bicyclic) bond motifs is 2. The molecule has 2 aliphatic carbocycles. The molecule has 0 amide bonds. The highest BCUT2D eigenvalue weighted by Gasteiger charge is 2.36. The topological polar surface area (TPSA) is 20.2 Å². The van der Waals surface area contributed by atoms with Gasteiger partial charge in [0.05, 0.1) is 6.10 Å². The SMILES string of the molecule is CC1=CC[C@H]2C[C@@H]1[C@@H](O)CC2C. The van der Waals surface area contributed by atoms with Crippen molar-refractivity contribution < 1.29 is 5.11 Å². The van der Waals surface area contributed by atoms with Crippen LogP contribution in [-0.2, 0) is 0 Å². The van der Waals surface area contributed by atoms with E-state index < -0.39 is 0 Å². The van der Waals surface area contributed by atoms with Gasteiger partial charge in [0.1, 0.15) is 0 Å². The summed E-state index contributed by atoms with van der Waals surface area (Å²) in [5.74, 6) is 2.06. The molecule has 1 N–H and O–H groups in total. The number of hydrogen-bond acceptors (Lipinski definition) is 1. The van der Waals surface area contributed by atoms with Crippen molar-refractivity contribution in [2.45, 2.75) is 39.2 Å². The van der Waals surface area contributed by atoms with Crippen molar-refractivity contribution in [1.29, 1.82) is 0 Å². The van der Waals surface area contributed by atoms with Gasteiger partial charge in [-0.3, -0.25) is 0 Å². The minimum absolute atomic E-state index is 0.0622. The largest absolute Gasteiger partial charge is 0.392 e. The van der Waals surface area contributed by atoms with Gasteiger partial charge >= 0.3 is 0 Å². The Morgan fingerprint density at radius 3 is 2.92 bits per heavy atom. The molecule has 2 bridgehead atoms. The Morgan fingerprint density at radius 2 is 2.17 bits per heavy atom. The van der Waals surface area contributed by atoms with Gasteiger partial charge in [0.15, 0.2) is 0 Å². The monoisotopic (exact) mass is 166 g/mol. The highest BCUT2D eigenvalue weighted by molar-refractivity contribution is 5.13. The summed E-state index contributed by atoms with van der Waals surface area (Å²) in [6.07, 6.45) is 5.76. The first-order chi connectivity index (χ1) is 5.68. The van der Waals surface area contributed by atoms with Crippen LogP contribution in [-0.4, -0.2) is 11.2 Å². The van der Waals surface area contributed by atoms with Crippen LogP contribution in [0.4, 0.5) is 0 Å². The molecular weight excluding hydrogens is 148 g/mol. The van der Waals surface area contributed by atoms with Gasteiger partial charge in [-0.1, -0.05) is 18.6 Å². The molecule has 0 saturated heterocycles. The fraction of sp³-hybridized carbons (Fsp3) is 0.818. The van der Waals surface area contributed by atoms with E-state index in [1.165, 1.54) is 18.4 Å². The molecule has 4 atom stereocenters. The predicted octanol–water partition coefficient (Wildman–Crippen LogP) is 2.36. The Balaban J connectivity index is 2.21. The van der Waals surface area contributed by atoms with Gasteiger partial charge in [0.25, 0.3) is 0 Å². The summed E-state index contributed by atoms with van der Waals surface area (Å²) in [4.78, 5) is 0. The van der Waals surface area contributed by atoms with E-state index in [0.29, 0.717) is 5.92 Å². The van der Waals surface area contributed by atoms with Crippen molar-refractivity contribution in [2.75, 3.05) is 0 Å². The van der Waals surface area contributed by atoms with E-state index in [4.69, 9.17) is 0 Å². The van der Waals surface area contributed by atoms with E-state index in [1.54, 1.807) is 0 Å². The third kappa shape index (κ3) is 1.20. The van der Waals surface area contributed by atoms with Crippen LogP contribution < -0.4 is 0 Å². The zero-order valence-corrected chi connectivity index (χ0v) is 7.96. The lowest BCUT2D eigenvalue weighted by Crippen LogP contribution is -2.36. The zero-order chi connectivity index (χ0) is 8.72. The molecule has 0 aromatic rings. The molecule has 12 heavy (non-hydrogen) atoms. The van der Waals surface area contributed by atoms with Crippen LogP contribution in [0, 0.1) is 17.8 Å². The fourth-order valence-electron chi connectivity index (χ4n) is 2.76. The lowest BCUT2D eigenvalue weighted by atomic mass is 9.66. The summed E-state index contributed by atoms with van der Waals surface area (Å²) in [5.41, 5.74) is 1.42. The summed E-state index contributed by atoms with van der Waals surface area (Å²) in [5, 5.41) is 9.82. The second kappa shape index (κ2) is 2.88. The summed E-state index contributed by atoms with van der Waals surface area (Å²) in [6.45, 7) is 4.44. The van der Waals surface area contributed by atoms with Crippen LogP contribution in [0.1, 0.15) is 33.1 Å². The van der Waals surface area contributed by atoms with Crippen LogP contribution >= 0.6 is 0 Å². The lowest BCUT2D eigenvalue weighted by Gasteiger charge is -2.41. The first kappa shape index (κ1) is 8.31. The molecule has 0 aromatic carbocycles. The number of aliphatic hydroxyl groups is 1. The summed E-state index contributed by atoms with van der Waals surface area (Å²) < 4.78 is 0. The van der Waals surface area contributed by atoms with Gasteiger partial charge in [-0.25, -0.2) is 0 Å². The molecule has 1 saturated carbocycles. The van der Waals surface area contributed by atoms with Crippen LogP contribution in [0.25, 0.3) is 0 Å². The van der Waals surface area contributed by atoms with Gasteiger partial charge in [-0.05, 0) is 38.0 Å². The van der Waals surface area contributed by atoms with Gasteiger partial charge in [-0.15, -0.1) is 0 Å². The highest BCUT2D eigenvalue weighted by Crippen LogP contribution is 2.42. The molecule has 0 aliphatic heterocycles. The fourth-order valence-corrected chi connectivity index (χ4v) is 2.76. The Kier molecular flexibility index (Phi) is 1.99. The van der Waals surface area contributed by atoms with Gasteiger partial charge in [0, 0.05) is 5.92 Å². The predicted molar refractivity (Wildman–Crippen MR) is 49.8 cm³/mol. The molecule has 0 radical (unpaired) electrons. The van der Waals surface area contributed by atoms with Crippen molar-refractivity contribution in [2.24, 2.45) is 17.8 Å². The van der Waals surface area contributed by atoms with Crippen molar-refractivity contribution in [3.63, 3.8) is 0 Å². The second-order valence-electron chi connectivity index (χ2n) is 4.57. The van der Waals surface area contributed by atoms with E-state index in [9.17, 15) is 5.11 Å². The summed E-state index contributed by atoms with van der Waals surface area (Å²) in [6, 6.07) is 0. The van der Waals surface area contributed by atoms with Crippen molar-refractivity contribution >= 4 is 0 Å². The van der Waals surface area contributed by atoms with E-state index >= 15 is 0 Å².